The molecular weight excluding hydrogens is 890 g/mol. The fourth-order valence-electron chi connectivity index (χ4n) is 7.79. The monoisotopic (exact) mass is 922 g/mol. The van der Waals surface area contributed by atoms with Crippen molar-refractivity contribution in [2.45, 2.75) is 86.0 Å². The summed E-state index contributed by atoms with van der Waals surface area (Å²) in [7, 11) is 0. The number of benzene rings is 2. The fraction of sp³-hybridized carbons (Fsp3) is 0.368. The van der Waals surface area contributed by atoms with Crippen LogP contribution < -0.4 is 10.6 Å². The number of β-lactam (4-membered cyclic amide) rings is 2. The molecule has 2 aromatic carbocycles. The molecule has 8 rings (SSSR count). The van der Waals surface area contributed by atoms with Gasteiger partial charge in [0.2, 0.25) is 11.8 Å². The van der Waals surface area contributed by atoms with E-state index in [9.17, 15) is 43.4 Å². The zero-order valence-corrected chi connectivity index (χ0v) is 36.1. The van der Waals surface area contributed by atoms with Crippen molar-refractivity contribution in [3.8, 4) is 22.5 Å². The molecule has 0 spiro atoms. The Labute approximate surface area is 363 Å². The Morgan fingerprint density at radius 3 is 1.45 bits per heavy atom. The first kappa shape index (κ1) is 43.3. The average Bonchev–Trinajstić information content (AvgIpc) is 3.87. The minimum Gasteiger partial charge on any atom is -0.480 e. The maximum absolute atomic E-state index is 14.4. The number of carboxylic acids is 2. The van der Waals surface area contributed by atoms with E-state index in [-0.39, 0.29) is 44.6 Å². The third-order valence-corrected chi connectivity index (χ3v) is 14.6. The summed E-state index contributed by atoms with van der Waals surface area (Å²) in [5, 5.41) is 31.7. The van der Waals surface area contributed by atoms with Gasteiger partial charge < -0.3 is 39.7 Å². The van der Waals surface area contributed by atoms with Crippen molar-refractivity contribution in [3.63, 3.8) is 0 Å². The van der Waals surface area contributed by atoms with Gasteiger partial charge in [-0.3, -0.25) is 19.2 Å². The predicted molar refractivity (Wildman–Crippen MR) is 218 cm³/mol. The van der Waals surface area contributed by atoms with Gasteiger partial charge in [-0.1, -0.05) is 57.2 Å². The molecule has 0 bridgehead atoms. The minimum absolute atomic E-state index is 0.0368. The Morgan fingerprint density at radius 1 is 0.700 bits per heavy atom. The Kier molecular flexibility index (Phi) is 11.2. The second kappa shape index (κ2) is 15.6. The van der Waals surface area contributed by atoms with Crippen LogP contribution in [0.4, 0.5) is 4.39 Å². The Hall–Kier alpha value is -4.82. The Balaban J connectivity index is 0.000000181. The van der Waals surface area contributed by atoms with Crippen molar-refractivity contribution in [1.82, 2.24) is 30.7 Å². The van der Waals surface area contributed by atoms with Gasteiger partial charge in [0.1, 0.15) is 74.8 Å². The number of carbonyl (C=O) groups is 6. The number of hydrogen-bond acceptors (Lipinski definition) is 12. The molecule has 6 heterocycles. The third-order valence-electron chi connectivity index (χ3n) is 10.5. The van der Waals surface area contributed by atoms with Crippen molar-refractivity contribution in [3.05, 3.63) is 79.9 Å². The molecule has 0 aliphatic carbocycles. The maximum Gasteiger partial charge on any atom is 0.327 e. The van der Waals surface area contributed by atoms with E-state index in [0.29, 0.717) is 15.6 Å². The Bertz CT molecular complexity index is 2300. The lowest BCUT2D eigenvalue weighted by atomic mass is 9.95. The van der Waals surface area contributed by atoms with Crippen LogP contribution in [0, 0.1) is 19.7 Å². The summed E-state index contributed by atoms with van der Waals surface area (Å²) in [6.45, 7) is 10.1. The second-order valence-corrected chi connectivity index (χ2v) is 20.0. The molecule has 4 fully saturated rings. The summed E-state index contributed by atoms with van der Waals surface area (Å²) < 4.78 is 23.2. The number of thioether (sulfide) groups is 2. The fourth-order valence-corrected chi connectivity index (χ4v) is 11.9. The van der Waals surface area contributed by atoms with Gasteiger partial charge in [0.15, 0.2) is 0 Å². The summed E-state index contributed by atoms with van der Waals surface area (Å²) in [4.78, 5) is 77.1. The van der Waals surface area contributed by atoms with Crippen molar-refractivity contribution in [2.24, 2.45) is 0 Å². The molecule has 0 unspecified atom stereocenters. The van der Waals surface area contributed by atoms with Crippen LogP contribution in [0.25, 0.3) is 22.5 Å². The van der Waals surface area contributed by atoms with E-state index in [1.54, 1.807) is 52.8 Å². The number of amides is 4. The smallest absolute Gasteiger partial charge is 0.327 e. The molecule has 6 atom stereocenters. The zero-order valence-electron chi connectivity index (χ0n) is 32.2. The number of aryl methyl sites for hydroxylation is 2. The van der Waals surface area contributed by atoms with E-state index in [1.165, 1.54) is 58.4 Å². The van der Waals surface area contributed by atoms with Crippen molar-refractivity contribution >= 4 is 93.9 Å². The standard InChI is InChI=1S/C19H17Cl2N3O5S.C19H17ClFN3O5S/c2*1-7-10(12(23-29-7)11-8(20)5-4-6-9(11)21)15(25)22-13-16(26)24-14(18(27)28)19(2,3)30-17(13)24/h2*4-6,13-14,17H,1-3H3,(H,22,25)(H,27,28)/t2*13-,14+,17-/m11/s1. The average molecular weight is 924 g/mol. The summed E-state index contributed by atoms with van der Waals surface area (Å²) in [5.41, 5.74) is 0.460. The van der Waals surface area contributed by atoms with Crippen molar-refractivity contribution in [2.75, 3.05) is 0 Å². The first-order valence-corrected chi connectivity index (χ1v) is 20.9. The van der Waals surface area contributed by atoms with Crippen molar-refractivity contribution in [1.29, 1.82) is 0 Å². The number of halogens is 4. The van der Waals surface area contributed by atoms with Crippen LogP contribution in [0.2, 0.25) is 15.1 Å². The molecule has 4 aromatic rings. The number of carboxylic acid groups (broad SMARTS) is 2. The SMILES string of the molecule is Cc1onc(-c2c(Cl)cccc2Cl)c1C(=O)N[C@@H]1C(=O)N2[C@@H]1SC(C)(C)[C@@H]2C(=O)O.Cc1onc(-c2c(F)cccc2Cl)c1C(=O)N[C@@H]1C(=O)N2[C@@H]1SC(C)(C)[C@@H]2C(=O)O. The highest BCUT2D eigenvalue weighted by Crippen LogP contribution is 2.52. The van der Waals surface area contributed by atoms with Gasteiger partial charge in [-0.2, -0.15) is 0 Å². The molecule has 4 saturated heterocycles. The van der Waals surface area contributed by atoms with Crippen LogP contribution in [-0.2, 0) is 19.2 Å². The zero-order chi connectivity index (χ0) is 43.9. The van der Waals surface area contributed by atoms with Crippen LogP contribution in [-0.4, -0.2) is 110 Å². The number of hydrogen-bond donors (Lipinski definition) is 4. The van der Waals surface area contributed by atoms with E-state index in [1.807, 2.05) is 0 Å². The lowest BCUT2D eigenvalue weighted by Crippen LogP contribution is -2.70. The largest absolute Gasteiger partial charge is 0.480 e. The quantitative estimate of drug-likeness (QED) is 0.151. The number of carbonyl (C=O) groups excluding carboxylic acids is 4. The lowest BCUT2D eigenvalue weighted by Gasteiger charge is -2.43. The van der Waals surface area contributed by atoms with E-state index in [2.05, 4.69) is 20.9 Å². The second-order valence-electron chi connectivity index (χ2n) is 15.2. The van der Waals surface area contributed by atoms with E-state index < -0.39 is 85.8 Å². The van der Waals surface area contributed by atoms with Crippen LogP contribution in [0.15, 0.2) is 45.4 Å². The highest BCUT2D eigenvalue weighted by atomic mass is 35.5. The minimum atomic E-state index is -1.10. The number of fused-ring (bicyclic) bond motifs is 2. The maximum atomic E-state index is 14.4. The highest BCUT2D eigenvalue weighted by Gasteiger charge is 2.65. The van der Waals surface area contributed by atoms with E-state index in [0.717, 1.165) is 0 Å². The molecule has 22 heteroatoms. The molecular formula is C38H34Cl3FN6O10S2. The molecule has 4 N–H and O–H groups in total. The number of aliphatic carboxylic acids is 2. The molecule has 4 aliphatic heterocycles. The molecule has 60 heavy (non-hydrogen) atoms. The highest BCUT2D eigenvalue weighted by molar-refractivity contribution is 8.02. The summed E-state index contributed by atoms with van der Waals surface area (Å²) in [5.74, 6) is -4.65. The molecule has 2 aromatic heterocycles. The number of aromatic nitrogens is 2. The predicted octanol–water partition coefficient (Wildman–Crippen LogP) is 5.89. The van der Waals surface area contributed by atoms with Gasteiger partial charge in [0, 0.05) is 15.1 Å². The molecule has 4 aliphatic rings. The van der Waals surface area contributed by atoms with Crippen molar-refractivity contribution < 1.29 is 52.4 Å². The number of nitrogens with zero attached hydrogens (tertiary/aromatic N) is 4. The summed E-state index contributed by atoms with van der Waals surface area (Å²) >= 11 is 21.2. The van der Waals surface area contributed by atoms with Gasteiger partial charge in [-0.25, -0.2) is 14.0 Å². The molecule has 0 radical (unpaired) electrons. The first-order valence-electron chi connectivity index (χ1n) is 18.0. The van der Waals surface area contributed by atoms with Crippen LogP contribution >= 0.6 is 58.3 Å². The summed E-state index contributed by atoms with van der Waals surface area (Å²) in [6, 6.07) is 5.26. The topological polar surface area (TPSA) is 225 Å². The molecule has 0 saturated carbocycles. The third kappa shape index (κ3) is 7.06. The lowest BCUT2D eigenvalue weighted by molar-refractivity contribution is -0.159. The van der Waals surface area contributed by atoms with Gasteiger partial charge >= 0.3 is 11.9 Å². The molecule has 16 nitrogen and oxygen atoms in total. The number of rotatable bonds is 8. The van der Waals surface area contributed by atoms with Gasteiger partial charge in [-0.15, -0.1) is 23.5 Å². The van der Waals surface area contributed by atoms with Crippen LogP contribution in [0.3, 0.4) is 0 Å². The first-order chi connectivity index (χ1) is 28.1. The normalized spacial score (nSPS) is 24.4. The van der Waals surface area contributed by atoms with E-state index >= 15 is 0 Å². The summed E-state index contributed by atoms with van der Waals surface area (Å²) in [6.07, 6.45) is 0. The Morgan fingerprint density at radius 2 is 1.07 bits per heavy atom. The molecule has 4 amide bonds. The van der Waals surface area contributed by atoms with Gasteiger partial charge in [-0.05, 0) is 65.8 Å². The van der Waals surface area contributed by atoms with Crippen LogP contribution in [0.5, 0.6) is 0 Å². The molecule has 316 valence electrons. The van der Waals surface area contributed by atoms with E-state index in [4.69, 9.17) is 43.8 Å². The number of nitrogens with one attached hydrogen (secondary N) is 2. The van der Waals surface area contributed by atoms with Gasteiger partial charge in [0.25, 0.3) is 11.8 Å². The van der Waals surface area contributed by atoms with Crippen LogP contribution in [0.1, 0.15) is 59.9 Å². The van der Waals surface area contributed by atoms with Gasteiger partial charge in [0.05, 0.1) is 20.6 Å².